The number of benzene rings is 1. The lowest BCUT2D eigenvalue weighted by Gasteiger charge is -2.15. The number of hydrogen-bond donors (Lipinski definition) is 2. The lowest BCUT2D eigenvalue weighted by molar-refractivity contribution is 0.314. The van der Waals surface area contributed by atoms with Crippen molar-refractivity contribution in [3.8, 4) is 0 Å². The fraction of sp³-hybridized carbons (Fsp3) is 0.600. The topological polar surface area (TPSA) is 75.4 Å². The first-order chi connectivity index (χ1) is 9.95. The average molecular weight is 309 g/mol. The van der Waals surface area contributed by atoms with Gasteiger partial charge in [-0.1, -0.05) is 0 Å². The molecule has 1 atom stereocenters. The zero-order valence-corrected chi connectivity index (χ0v) is 13.2. The van der Waals surface area contributed by atoms with Crippen molar-refractivity contribution in [3.63, 3.8) is 0 Å². The maximum atomic E-state index is 12.3. The van der Waals surface area contributed by atoms with E-state index >= 15 is 0 Å². The van der Waals surface area contributed by atoms with Gasteiger partial charge in [-0.3, -0.25) is 0 Å². The summed E-state index contributed by atoms with van der Waals surface area (Å²) in [5.41, 5.74) is 7.14. The molecule has 5 nitrogen and oxygen atoms in total. The normalized spacial score (nSPS) is 23.6. The van der Waals surface area contributed by atoms with Gasteiger partial charge in [-0.15, -0.1) is 0 Å². The molecule has 1 aliphatic carbocycles. The Kier molecular flexibility index (Phi) is 3.94. The van der Waals surface area contributed by atoms with Crippen LogP contribution < -0.4 is 10.5 Å². The van der Waals surface area contributed by atoms with E-state index in [4.69, 9.17) is 5.73 Å². The zero-order valence-electron chi connectivity index (χ0n) is 12.4. The molecule has 2 aliphatic rings. The fourth-order valence-corrected chi connectivity index (χ4v) is 4.13. The van der Waals surface area contributed by atoms with E-state index in [0.717, 1.165) is 31.1 Å². The molecule has 1 aromatic carbocycles. The smallest absolute Gasteiger partial charge is 0.240 e. The van der Waals surface area contributed by atoms with E-state index in [1.807, 2.05) is 6.92 Å². The Labute approximate surface area is 126 Å². The van der Waals surface area contributed by atoms with Crippen LogP contribution in [0.1, 0.15) is 24.8 Å². The van der Waals surface area contributed by atoms with Gasteiger partial charge in [-0.25, -0.2) is 13.1 Å². The van der Waals surface area contributed by atoms with Gasteiger partial charge in [-0.2, -0.15) is 0 Å². The van der Waals surface area contributed by atoms with Crippen LogP contribution in [0.2, 0.25) is 0 Å². The van der Waals surface area contributed by atoms with Crippen LogP contribution in [0.5, 0.6) is 0 Å². The summed E-state index contributed by atoms with van der Waals surface area (Å²) in [6.07, 6.45) is 3.70. The minimum Gasteiger partial charge on any atom is -0.399 e. The van der Waals surface area contributed by atoms with Crippen LogP contribution in [-0.4, -0.2) is 39.0 Å². The van der Waals surface area contributed by atoms with E-state index in [1.54, 1.807) is 18.2 Å². The molecule has 1 saturated heterocycles. The number of rotatable bonds is 5. The molecule has 0 aromatic heterocycles. The highest BCUT2D eigenvalue weighted by Gasteiger charge is 2.34. The van der Waals surface area contributed by atoms with E-state index in [0.29, 0.717) is 23.0 Å². The Morgan fingerprint density at radius 1 is 1.33 bits per heavy atom. The highest BCUT2D eigenvalue weighted by atomic mass is 32.2. The summed E-state index contributed by atoms with van der Waals surface area (Å²) < 4.78 is 27.4. The summed E-state index contributed by atoms with van der Waals surface area (Å²) >= 11 is 0. The number of anilines is 1. The first kappa shape index (κ1) is 14.8. The van der Waals surface area contributed by atoms with Crippen molar-refractivity contribution in [1.82, 2.24) is 9.62 Å². The third-order valence-corrected chi connectivity index (χ3v) is 5.92. The molecule has 116 valence electrons. The Hall–Kier alpha value is -1.11. The van der Waals surface area contributed by atoms with Crippen LogP contribution in [0.3, 0.4) is 0 Å². The molecule has 1 aliphatic heterocycles. The van der Waals surface area contributed by atoms with Crippen LogP contribution in [-0.2, 0) is 10.0 Å². The molecule has 0 bridgehead atoms. The molecule has 3 rings (SSSR count). The third kappa shape index (κ3) is 3.39. The lowest BCUT2D eigenvalue weighted by Crippen LogP contribution is -2.31. The minimum atomic E-state index is -3.43. The largest absolute Gasteiger partial charge is 0.399 e. The van der Waals surface area contributed by atoms with Crippen molar-refractivity contribution in [3.05, 3.63) is 23.8 Å². The molecular weight excluding hydrogens is 286 g/mol. The average Bonchev–Trinajstić information content (AvgIpc) is 3.19. The standard InChI is InChI=1S/C15H23N3O2S/c1-11-8-14(4-5-15(11)16)21(19,20)17-9-12-6-7-18(10-12)13-2-3-13/h4-5,8,12-13,17H,2-3,6-7,9-10,16H2,1H3. The number of nitrogens with zero attached hydrogens (tertiary/aromatic N) is 1. The number of nitrogens with two attached hydrogens (primary N) is 1. The summed E-state index contributed by atoms with van der Waals surface area (Å²) in [5.74, 6) is 0.426. The predicted molar refractivity (Wildman–Crippen MR) is 83.5 cm³/mol. The van der Waals surface area contributed by atoms with Crippen molar-refractivity contribution in [2.24, 2.45) is 5.92 Å². The summed E-state index contributed by atoms with van der Waals surface area (Å²) in [6.45, 7) is 4.47. The number of hydrogen-bond acceptors (Lipinski definition) is 4. The molecule has 1 saturated carbocycles. The van der Waals surface area contributed by atoms with Gasteiger partial charge in [0.1, 0.15) is 0 Å². The van der Waals surface area contributed by atoms with Gasteiger partial charge in [0.2, 0.25) is 10.0 Å². The molecule has 1 aromatic rings. The molecule has 3 N–H and O–H groups in total. The molecule has 0 radical (unpaired) electrons. The van der Waals surface area contributed by atoms with Gasteiger partial charge in [0.25, 0.3) is 0 Å². The van der Waals surface area contributed by atoms with E-state index in [9.17, 15) is 8.42 Å². The molecule has 6 heteroatoms. The number of nitrogens with one attached hydrogen (secondary N) is 1. The lowest BCUT2D eigenvalue weighted by atomic mass is 10.1. The van der Waals surface area contributed by atoms with Crippen molar-refractivity contribution < 1.29 is 8.42 Å². The summed E-state index contributed by atoms with van der Waals surface area (Å²) in [5, 5.41) is 0. The monoisotopic (exact) mass is 309 g/mol. The minimum absolute atomic E-state index is 0.297. The van der Waals surface area contributed by atoms with Crippen LogP contribution >= 0.6 is 0 Å². The van der Waals surface area contributed by atoms with Crippen molar-refractivity contribution in [1.29, 1.82) is 0 Å². The van der Waals surface area contributed by atoms with Gasteiger partial charge in [0, 0.05) is 24.8 Å². The van der Waals surface area contributed by atoms with Gasteiger partial charge in [0.15, 0.2) is 0 Å². The summed E-state index contributed by atoms with van der Waals surface area (Å²) in [4.78, 5) is 2.79. The number of sulfonamides is 1. The summed E-state index contributed by atoms with van der Waals surface area (Å²) in [7, 11) is -3.43. The second kappa shape index (κ2) is 5.59. The molecule has 0 amide bonds. The van der Waals surface area contributed by atoms with E-state index in [1.165, 1.54) is 12.8 Å². The second-order valence-corrected chi connectivity index (χ2v) is 8.02. The van der Waals surface area contributed by atoms with Crippen LogP contribution in [0.15, 0.2) is 23.1 Å². The quantitative estimate of drug-likeness (QED) is 0.805. The predicted octanol–water partition coefficient (Wildman–Crippen LogP) is 1.34. The maximum absolute atomic E-state index is 12.3. The SMILES string of the molecule is Cc1cc(S(=O)(=O)NCC2CCN(C3CC3)C2)ccc1N. The van der Waals surface area contributed by atoms with Gasteiger partial charge in [-0.05, 0) is 62.4 Å². The molecule has 21 heavy (non-hydrogen) atoms. The Morgan fingerprint density at radius 2 is 2.10 bits per heavy atom. The Balaban J connectivity index is 1.59. The van der Waals surface area contributed by atoms with Crippen LogP contribution in [0.4, 0.5) is 5.69 Å². The van der Waals surface area contributed by atoms with Crippen molar-refractivity contribution in [2.45, 2.75) is 37.1 Å². The number of nitrogen functional groups attached to an aromatic ring is 1. The van der Waals surface area contributed by atoms with E-state index < -0.39 is 10.0 Å². The zero-order chi connectivity index (χ0) is 15.0. The van der Waals surface area contributed by atoms with E-state index in [-0.39, 0.29) is 0 Å². The van der Waals surface area contributed by atoms with Crippen molar-refractivity contribution in [2.75, 3.05) is 25.4 Å². The van der Waals surface area contributed by atoms with Crippen LogP contribution in [0, 0.1) is 12.8 Å². The van der Waals surface area contributed by atoms with Crippen LogP contribution in [0.25, 0.3) is 0 Å². The Bertz CT molecular complexity index is 626. The first-order valence-corrected chi connectivity index (χ1v) is 9.04. The van der Waals surface area contributed by atoms with Gasteiger partial charge >= 0.3 is 0 Å². The molecule has 1 unspecified atom stereocenters. The third-order valence-electron chi connectivity index (χ3n) is 4.49. The molecule has 1 heterocycles. The molecular formula is C15H23N3O2S. The highest BCUT2D eigenvalue weighted by molar-refractivity contribution is 7.89. The maximum Gasteiger partial charge on any atom is 0.240 e. The molecule has 0 spiro atoms. The van der Waals surface area contributed by atoms with Crippen molar-refractivity contribution >= 4 is 15.7 Å². The molecule has 2 fully saturated rings. The number of likely N-dealkylation sites (tertiary alicyclic amines) is 1. The van der Waals surface area contributed by atoms with Gasteiger partial charge in [0.05, 0.1) is 4.90 Å². The summed E-state index contributed by atoms with van der Waals surface area (Å²) in [6, 6.07) is 5.61. The Morgan fingerprint density at radius 3 is 2.76 bits per heavy atom. The first-order valence-electron chi connectivity index (χ1n) is 7.55. The number of aryl methyl sites for hydroxylation is 1. The highest BCUT2D eigenvalue weighted by Crippen LogP contribution is 2.31. The van der Waals surface area contributed by atoms with E-state index in [2.05, 4.69) is 9.62 Å². The fourth-order valence-electron chi connectivity index (χ4n) is 2.93. The van der Waals surface area contributed by atoms with Gasteiger partial charge < -0.3 is 10.6 Å². The second-order valence-electron chi connectivity index (χ2n) is 6.25.